The number of rotatable bonds is 4. The Hall–Kier alpha value is -1.40. The quantitative estimate of drug-likeness (QED) is 0.597. The van der Waals surface area contributed by atoms with Gasteiger partial charge in [0.2, 0.25) is 0 Å². The number of nitrogens with one attached hydrogen (secondary N) is 1. The van der Waals surface area contributed by atoms with Crippen LogP contribution in [-0.4, -0.2) is 16.1 Å². The molecule has 1 heterocycles. The second-order valence-electron chi connectivity index (χ2n) is 3.48. The number of hydrogen-bond acceptors (Lipinski definition) is 4. The summed E-state index contributed by atoms with van der Waals surface area (Å²) in [6.07, 6.45) is 2.40. The molecule has 1 atom stereocenters. The minimum absolute atomic E-state index is 0.373. The van der Waals surface area contributed by atoms with Gasteiger partial charge < -0.3 is 11.5 Å². The first kappa shape index (κ1) is 11.7. The standard InChI is InChI=1S/C9H16N4O2/c1-6-5-13(7(11)3-2-4-10)9(15)12-8(6)14/h5,7H,2-4,10-11H2,1H3,(H,12,14,15). The fourth-order valence-electron chi connectivity index (χ4n) is 1.30. The molecular formula is C9H16N4O2. The Morgan fingerprint density at radius 1 is 1.53 bits per heavy atom. The second-order valence-corrected chi connectivity index (χ2v) is 3.48. The molecule has 0 fully saturated rings. The van der Waals surface area contributed by atoms with Gasteiger partial charge in [-0.15, -0.1) is 0 Å². The van der Waals surface area contributed by atoms with Crippen LogP contribution in [0.3, 0.4) is 0 Å². The number of nitrogens with zero attached hydrogens (tertiary/aromatic N) is 1. The molecule has 0 saturated carbocycles. The van der Waals surface area contributed by atoms with Crippen molar-refractivity contribution in [3.8, 4) is 0 Å². The molecule has 1 unspecified atom stereocenters. The van der Waals surface area contributed by atoms with Crippen molar-refractivity contribution in [3.63, 3.8) is 0 Å². The van der Waals surface area contributed by atoms with Gasteiger partial charge in [-0.2, -0.15) is 0 Å². The number of hydrogen-bond donors (Lipinski definition) is 3. The van der Waals surface area contributed by atoms with Crippen molar-refractivity contribution in [2.45, 2.75) is 25.9 Å². The van der Waals surface area contributed by atoms with Gasteiger partial charge in [-0.05, 0) is 26.3 Å². The fourth-order valence-corrected chi connectivity index (χ4v) is 1.30. The van der Waals surface area contributed by atoms with Gasteiger partial charge >= 0.3 is 5.69 Å². The van der Waals surface area contributed by atoms with Gasteiger partial charge in [0.05, 0.1) is 6.17 Å². The largest absolute Gasteiger partial charge is 0.330 e. The zero-order chi connectivity index (χ0) is 11.4. The molecule has 15 heavy (non-hydrogen) atoms. The van der Waals surface area contributed by atoms with E-state index in [1.165, 1.54) is 10.8 Å². The highest BCUT2D eigenvalue weighted by molar-refractivity contribution is 5.01. The molecule has 0 aliphatic carbocycles. The monoisotopic (exact) mass is 212 g/mol. The second kappa shape index (κ2) is 4.90. The van der Waals surface area contributed by atoms with Crippen LogP contribution in [0.1, 0.15) is 24.6 Å². The van der Waals surface area contributed by atoms with Gasteiger partial charge in [0, 0.05) is 11.8 Å². The van der Waals surface area contributed by atoms with Crippen molar-refractivity contribution >= 4 is 0 Å². The van der Waals surface area contributed by atoms with Crippen LogP contribution in [0.5, 0.6) is 0 Å². The van der Waals surface area contributed by atoms with Crippen molar-refractivity contribution in [3.05, 3.63) is 32.6 Å². The molecule has 6 heteroatoms. The van der Waals surface area contributed by atoms with Gasteiger partial charge in [0.15, 0.2) is 0 Å². The van der Waals surface area contributed by atoms with Crippen molar-refractivity contribution in [1.29, 1.82) is 0 Å². The zero-order valence-electron chi connectivity index (χ0n) is 8.69. The summed E-state index contributed by atoms with van der Waals surface area (Å²) in [5, 5.41) is 0. The highest BCUT2D eigenvalue weighted by Gasteiger charge is 2.08. The molecule has 0 amide bonds. The van der Waals surface area contributed by atoms with E-state index in [1.54, 1.807) is 6.92 Å². The maximum atomic E-state index is 11.4. The first-order valence-corrected chi connectivity index (χ1v) is 4.84. The molecule has 0 aromatic carbocycles. The Bertz CT molecular complexity index is 434. The highest BCUT2D eigenvalue weighted by Crippen LogP contribution is 2.02. The molecule has 0 saturated heterocycles. The van der Waals surface area contributed by atoms with E-state index in [-0.39, 0.29) is 5.56 Å². The van der Waals surface area contributed by atoms with E-state index >= 15 is 0 Å². The molecule has 6 nitrogen and oxygen atoms in total. The fraction of sp³-hybridized carbons (Fsp3) is 0.556. The summed E-state index contributed by atoms with van der Waals surface area (Å²) in [4.78, 5) is 24.7. The molecule has 0 radical (unpaired) electrons. The van der Waals surface area contributed by atoms with Gasteiger partial charge in [0.1, 0.15) is 0 Å². The van der Waals surface area contributed by atoms with E-state index in [0.717, 1.165) is 6.42 Å². The lowest BCUT2D eigenvalue weighted by atomic mass is 10.2. The Labute approximate surface area is 86.9 Å². The van der Waals surface area contributed by atoms with Gasteiger partial charge in [0.25, 0.3) is 5.56 Å². The summed E-state index contributed by atoms with van der Waals surface area (Å²) >= 11 is 0. The van der Waals surface area contributed by atoms with Crippen molar-refractivity contribution in [2.75, 3.05) is 6.54 Å². The van der Waals surface area contributed by atoms with Crippen LogP contribution in [0.2, 0.25) is 0 Å². The molecule has 1 aromatic rings. The topological polar surface area (TPSA) is 107 Å². The van der Waals surface area contributed by atoms with Gasteiger partial charge in [-0.3, -0.25) is 14.3 Å². The Morgan fingerprint density at radius 3 is 2.80 bits per heavy atom. The third-order valence-corrected chi connectivity index (χ3v) is 2.21. The maximum Gasteiger partial charge on any atom is 0.329 e. The Morgan fingerprint density at radius 2 is 2.20 bits per heavy atom. The smallest absolute Gasteiger partial charge is 0.329 e. The number of nitrogens with two attached hydrogens (primary N) is 2. The van der Waals surface area contributed by atoms with Crippen LogP contribution < -0.4 is 22.7 Å². The summed E-state index contributed by atoms with van der Waals surface area (Å²) in [5.41, 5.74) is 10.8. The third kappa shape index (κ3) is 2.77. The summed E-state index contributed by atoms with van der Waals surface area (Å²) in [6, 6.07) is 0. The number of aromatic amines is 1. The van der Waals surface area contributed by atoms with E-state index < -0.39 is 11.9 Å². The van der Waals surface area contributed by atoms with Crippen molar-refractivity contribution < 1.29 is 0 Å². The summed E-state index contributed by atoms with van der Waals surface area (Å²) in [5.74, 6) is 0. The molecule has 1 aromatic heterocycles. The van der Waals surface area contributed by atoms with E-state index in [0.29, 0.717) is 18.5 Å². The summed E-state index contributed by atoms with van der Waals surface area (Å²) in [7, 11) is 0. The minimum Gasteiger partial charge on any atom is -0.330 e. The van der Waals surface area contributed by atoms with E-state index in [1.807, 2.05) is 0 Å². The van der Waals surface area contributed by atoms with Crippen LogP contribution in [-0.2, 0) is 0 Å². The third-order valence-electron chi connectivity index (χ3n) is 2.21. The van der Waals surface area contributed by atoms with Crippen LogP contribution in [0.4, 0.5) is 0 Å². The van der Waals surface area contributed by atoms with Crippen LogP contribution in [0.15, 0.2) is 15.8 Å². The van der Waals surface area contributed by atoms with Gasteiger partial charge in [-0.1, -0.05) is 0 Å². The average Bonchev–Trinajstić information content (AvgIpc) is 2.20. The molecule has 84 valence electrons. The summed E-state index contributed by atoms with van der Waals surface area (Å²) in [6.45, 7) is 2.16. The predicted molar refractivity (Wildman–Crippen MR) is 57.6 cm³/mol. The minimum atomic E-state index is -0.477. The Kier molecular flexibility index (Phi) is 3.81. The average molecular weight is 212 g/mol. The molecule has 0 spiro atoms. The number of aromatic nitrogens is 2. The van der Waals surface area contributed by atoms with Gasteiger partial charge in [-0.25, -0.2) is 4.79 Å². The molecule has 1 rings (SSSR count). The lowest BCUT2D eigenvalue weighted by Gasteiger charge is -2.14. The zero-order valence-corrected chi connectivity index (χ0v) is 8.69. The Balaban J connectivity index is 2.99. The normalized spacial score (nSPS) is 12.7. The lowest BCUT2D eigenvalue weighted by Crippen LogP contribution is -2.36. The van der Waals surface area contributed by atoms with Crippen LogP contribution in [0.25, 0.3) is 0 Å². The van der Waals surface area contributed by atoms with Crippen molar-refractivity contribution in [2.24, 2.45) is 11.5 Å². The summed E-state index contributed by atoms with van der Waals surface area (Å²) < 4.78 is 1.33. The highest BCUT2D eigenvalue weighted by atomic mass is 16.2. The number of aryl methyl sites for hydroxylation is 1. The van der Waals surface area contributed by atoms with E-state index in [4.69, 9.17) is 11.5 Å². The molecule has 0 bridgehead atoms. The van der Waals surface area contributed by atoms with Crippen LogP contribution in [0, 0.1) is 6.92 Å². The first-order chi connectivity index (χ1) is 7.06. The molecule has 0 aliphatic heterocycles. The maximum absolute atomic E-state index is 11.4. The van der Waals surface area contributed by atoms with E-state index in [2.05, 4.69) is 4.98 Å². The number of H-pyrrole nitrogens is 1. The molecular weight excluding hydrogens is 196 g/mol. The lowest BCUT2D eigenvalue weighted by molar-refractivity contribution is 0.448. The predicted octanol–water partition coefficient (Wildman–Crippen LogP) is -0.959. The first-order valence-electron chi connectivity index (χ1n) is 4.84. The van der Waals surface area contributed by atoms with Crippen LogP contribution >= 0.6 is 0 Å². The molecule has 0 aliphatic rings. The van der Waals surface area contributed by atoms with E-state index in [9.17, 15) is 9.59 Å². The molecule has 5 N–H and O–H groups in total. The van der Waals surface area contributed by atoms with Crippen molar-refractivity contribution in [1.82, 2.24) is 9.55 Å². The SMILES string of the molecule is Cc1cn(C(N)CCCN)c(=O)[nH]c1=O.